The van der Waals surface area contributed by atoms with Gasteiger partial charge in [-0.05, 0) is 29.5 Å². The minimum absolute atomic E-state index is 0.528. The fourth-order valence-electron chi connectivity index (χ4n) is 2.51. The van der Waals surface area contributed by atoms with Gasteiger partial charge in [-0.15, -0.1) is 0 Å². The molecule has 0 aliphatic carbocycles. The number of benzene rings is 3. The maximum absolute atomic E-state index is 9.27. The molecule has 0 spiro atoms. The molecule has 0 atom stereocenters. The molecular weight excluding hydrogens is 244 g/mol. The molecule has 0 fully saturated rings. The van der Waals surface area contributed by atoms with Crippen molar-refractivity contribution in [3.05, 3.63) is 65.7 Å². The molecule has 2 nitrogen and oxygen atoms in total. The van der Waals surface area contributed by atoms with Crippen LogP contribution in [0.1, 0.15) is 11.1 Å². The van der Waals surface area contributed by atoms with Gasteiger partial charge in [-0.25, -0.2) is 0 Å². The largest absolute Gasteiger partial charge is 0.397 e. The van der Waals surface area contributed by atoms with Gasteiger partial charge in [0.15, 0.2) is 0 Å². The zero-order valence-electron chi connectivity index (χ0n) is 11.2. The second-order valence-corrected chi connectivity index (χ2v) is 4.91. The summed E-state index contributed by atoms with van der Waals surface area (Å²) >= 11 is 0. The topological polar surface area (TPSA) is 49.8 Å². The number of hydrogen-bond donors (Lipinski definition) is 1. The molecule has 0 aliphatic heterocycles. The van der Waals surface area contributed by atoms with E-state index in [9.17, 15) is 5.26 Å². The number of rotatable bonds is 1. The van der Waals surface area contributed by atoms with Crippen LogP contribution in [0.15, 0.2) is 54.6 Å². The van der Waals surface area contributed by atoms with E-state index in [1.165, 1.54) is 5.56 Å². The van der Waals surface area contributed by atoms with E-state index in [-0.39, 0.29) is 0 Å². The van der Waals surface area contributed by atoms with E-state index in [1.54, 1.807) is 0 Å². The van der Waals surface area contributed by atoms with Crippen molar-refractivity contribution >= 4 is 16.5 Å². The molecule has 0 heterocycles. The second kappa shape index (κ2) is 4.71. The van der Waals surface area contributed by atoms with Crippen LogP contribution in [0.4, 0.5) is 5.69 Å². The molecule has 0 saturated carbocycles. The van der Waals surface area contributed by atoms with Gasteiger partial charge in [0.2, 0.25) is 0 Å². The summed E-state index contributed by atoms with van der Waals surface area (Å²) in [6, 6.07) is 20.3. The lowest BCUT2D eigenvalue weighted by molar-refractivity contribution is 1.48. The first kappa shape index (κ1) is 12.3. The van der Waals surface area contributed by atoms with Gasteiger partial charge in [-0.1, -0.05) is 54.1 Å². The molecule has 20 heavy (non-hydrogen) atoms. The van der Waals surface area contributed by atoms with Gasteiger partial charge >= 0.3 is 0 Å². The van der Waals surface area contributed by atoms with E-state index in [0.717, 1.165) is 21.9 Å². The number of nitrogen functional groups attached to an aromatic ring is 1. The zero-order valence-corrected chi connectivity index (χ0v) is 11.2. The van der Waals surface area contributed by atoms with Crippen LogP contribution >= 0.6 is 0 Å². The zero-order chi connectivity index (χ0) is 14.1. The molecule has 0 radical (unpaired) electrons. The highest BCUT2D eigenvalue weighted by Gasteiger charge is 2.11. The molecule has 3 aromatic rings. The van der Waals surface area contributed by atoms with Crippen LogP contribution in [0.2, 0.25) is 0 Å². The molecular formula is C18H14N2. The first-order valence-corrected chi connectivity index (χ1v) is 6.49. The van der Waals surface area contributed by atoms with Crippen molar-refractivity contribution in [2.75, 3.05) is 5.73 Å². The monoisotopic (exact) mass is 258 g/mol. The Kier molecular flexibility index (Phi) is 2.89. The van der Waals surface area contributed by atoms with Gasteiger partial charge in [0.05, 0.1) is 11.3 Å². The fraction of sp³-hybridized carbons (Fsp3) is 0.0556. The Balaban J connectivity index is 2.45. The van der Waals surface area contributed by atoms with Crippen molar-refractivity contribution in [3.63, 3.8) is 0 Å². The Bertz CT molecular complexity index is 827. The summed E-state index contributed by atoms with van der Waals surface area (Å²) in [5, 5.41) is 11.3. The van der Waals surface area contributed by atoms with Gasteiger partial charge in [-0.2, -0.15) is 5.26 Å². The lowest BCUT2D eigenvalue weighted by Gasteiger charge is -2.12. The highest BCUT2D eigenvalue weighted by Crippen LogP contribution is 2.35. The van der Waals surface area contributed by atoms with Gasteiger partial charge in [0.25, 0.3) is 0 Å². The summed E-state index contributed by atoms with van der Waals surface area (Å²) in [5.74, 6) is 0. The predicted octanol–water partition coefficient (Wildman–Crippen LogP) is 4.27. The van der Waals surface area contributed by atoms with Crippen molar-refractivity contribution in [1.82, 2.24) is 0 Å². The number of nitrogens with zero attached hydrogens (tertiary/aromatic N) is 1. The first-order valence-electron chi connectivity index (χ1n) is 6.49. The molecule has 0 amide bonds. The summed E-state index contributed by atoms with van der Waals surface area (Å²) in [6.45, 7) is 2.06. The minimum Gasteiger partial charge on any atom is -0.397 e. The Labute approximate surface area is 118 Å². The first-order chi connectivity index (χ1) is 9.70. The number of nitriles is 1. The van der Waals surface area contributed by atoms with Crippen molar-refractivity contribution < 1.29 is 0 Å². The maximum Gasteiger partial charge on any atom is 0.101 e. The third-order valence-electron chi connectivity index (χ3n) is 3.54. The lowest BCUT2D eigenvalue weighted by Crippen LogP contribution is -1.95. The summed E-state index contributed by atoms with van der Waals surface area (Å²) in [6.07, 6.45) is 0. The van der Waals surface area contributed by atoms with E-state index < -0.39 is 0 Å². The van der Waals surface area contributed by atoms with E-state index >= 15 is 0 Å². The summed E-state index contributed by atoms with van der Waals surface area (Å²) < 4.78 is 0. The maximum atomic E-state index is 9.27. The number of aryl methyl sites for hydroxylation is 1. The Morgan fingerprint density at radius 3 is 2.40 bits per heavy atom. The van der Waals surface area contributed by atoms with Crippen LogP contribution in [-0.4, -0.2) is 0 Å². The van der Waals surface area contributed by atoms with Crippen LogP contribution in [0.5, 0.6) is 0 Å². The van der Waals surface area contributed by atoms with E-state index in [1.807, 2.05) is 36.4 Å². The van der Waals surface area contributed by atoms with Gasteiger partial charge in [0, 0.05) is 5.39 Å². The highest BCUT2D eigenvalue weighted by atomic mass is 14.6. The van der Waals surface area contributed by atoms with Gasteiger partial charge in [0.1, 0.15) is 6.07 Å². The van der Waals surface area contributed by atoms with Gasteiger partial charge < -0.3 is 5.73 Å². The third-order valence-corrected chi connectivity index (χ3v) is 3.54. The van der Waals surface area contributed by atoms with Gasteiger partial charge in [-0.3, -0.25) is 0 Å². The average Bonchev–Trinajstić information content (AvgIpc) is 2.48. The van der Waals surface area contributed by atoms with Crippen LogP contribution in [0.3, 0.4) is 0 Å². The predicted molar refractivity (Wildman–Crippen MR) is 83.2 cm³/mol. The molecule has 0 bridgehead atoms. The molecule has 2 N–H and O–H groups in total. The Morgan fingerprint density at radius 1 is 0.950 bits per heavy atom. The van der Waals surface area contributed by atoms with E-state index in [2.05, 4.69) is 31.2 Å². The quantitative estimate of drug-likeness (QED) is 0.663. The van der Waals surface area contributed by atoms with Crippen LogP contribution < -0.4 is 5.73 Å². The standard InChI is InChI=1S/C18H14N2/c1-12-7-8-15-17(9-12)16(10-14(11-19)18(15)20)13-5-3-2-4-6-13/h2-10H,20H2,1H3. The van der Waals surface area contributed by atoms with E-state index in [0.29, 0.717) is 11.3 Å². The van der Waals surface area contributed by atoms with Crippen molar-refractivity contribution in [2.45, 2.75) is 6.92 Å². The van der Waals surface area contributed by atoms with Crippen LogP contribution in [-0.2, 0) is 0 Å². The average molecular weight is 258 g/mol. The summed E-state index contributed by atoms with van der Waals surface area (Å²) in [7, 11) is 0. The van der Waals surface area contributed by atoms with Crippen LogP contribution in [0, 0.1) is 18.3 Å². The molecule has 0 unspecified atom stereocenters. The second-order valence-electron chi connectivity index (χ2n) is 4.91. The Hall–Kier alpha value is -2.79. The number of fused-ring (bicyclic) bond motifs is 1. The lowest BCUT2D eigenvalue weighted by atomic mass is 9.93. The normalized spacial score (nSPS) is 10.4. The van der Waals surface area contributed by atoms with Crippen molar-refractivity contribution in [3.8, 4) is 17.2 Å². The third kappa shape index (κ3) is 1.90. The number of anilines is 1. The fourth-order valence-corrected chi connectivity index (χ4v) is 2.51. The van der Waals surface area contributed by atoms with Crippen molar-refractivity contribution in [1.29, 1.82) is 5.26 Å². The Morgan fingerprint density at radius 2 is 1.70 bits per heavy atom. The number of nitrogens with two attached hydrogens (primary N) is 1. The van der Waals surface area contributed by atoms with E-state index in [4.69, 9.17) is 5.73 Å². The number of hydrogen-bond acceptors (Lipinski definition) is 2. The molecule has 3 rings (SSSR count). The molecule has 0 aromatic heterocycles. The summed E-state index contributed by atoms with van der Waals surface area (Å²) in [5.41, 5.74) is 10.5. The molecule has 0 saturated heterocycles. The molecule has 3 aromatic carbocycles. The summed E-state index contributed by atoms with van der Waals surface area (Å²) in [4.78, 5) is 0. The molecule has 96 valence electrons. The molecule has 2 heteroatoms. The minimum atomic E-state index is 0.528. The highest BCUT2D eigenvalue weighted by molar-refractivity contribution is 6.05. The smallest absolute Gasteiger partial charge is 0.101 e. The SMILES string of the molecule is Cc1ccc2c(N)c(C#N)cc(-c3ccccc3)c2c1. The van der Waals surface area contributed by atoms with Crippen molar-refractivity contribution in [2.24, 2.45) is 0 Å². The molecule has 0 aliphatic rings. The van der Waals surface area contributed by atoms with Crippen LogP contribution in [0.25, 0.3) is 21.9 Å².